The lowest BCUT2D eigenvalue weighted by molar-refractivity contribution is -0.131. The quantitative estimate of drug-likeness (QED) is 0.568. The van der Waals surface area contributed by atoms with Crippen molar-refractivity contribution in [3.8, 4) is 0 Å². The van der Waals surface area contributed by atoms with E-state index in [2.05, 4.69) is 10.3 Å². The third-order valence-corrected chi connectivity index (χ3v) is 2.40. The molecule has 1 rings (SSSR count). The topological polar surface area (TPSA) is 62.2 Å². The van der Waals surface area contributed by atoms with E-state index in [1.165, 1.54) is 0 Å². The van der Waals surface area contributed by atoms with E-state index in [4.69, 9.17) is 5.11 Å². The van der Waals surface area contributed by atoms with E-state index in [9.17, 15) is 4.79 Å². The maximum absolute atomic E-state index is 10.1. The number of carboxylic acids is 1. The fourth-order valence-electron chi connectivity index (χ4n) is 0.925. The van der Waals surface area contributed by atoms with Crippen molar-refractivity contribution in [3.63, 3.8) is 0 Å². The number of carbonyl (C=O) groups is 1. The molecule has 1 aromatic heterocycles. The first-order chi connectivity index (χ1) is 6.68. The van der Waals surface area contributed by atoms with Gasteiger partial charge in [-0.05, 0) is 6.92 Å². The first-order valence-electron chi connectivity index (χ1n) is 4.20. The van der Waals surface area contributed by atoms with E-state index in [1.807, 2.05) is 13.1 Å². The highest BCUT2D eigenvalue weighted by Gasteiger charge is 1.95. The summed E-state index contributed by atoms with van der Waals surface area (Å²) in [5, 5.41) is 12.4. The van der Waals surface area contributed by atoms with Crippen molar-refractivity contribution < 1.29 is 9.90 Å². The Balaban J connectivity index is 2.19. The molecule has 76 valence electrons. The molecule has 1 aromatic rings. The van der Waals surface area contributed by atoms with Gasteiger partial charge in [0.15, 0.2) is 0 Å². The number of hydrogen-bond donors (Lipinski definition) is 2. The fourth-order valence-corrected chi connectivity index (χ4v) is 1.69. The molecule has 14 heavy (non-hydrogen) atoms. The standard InChI is InChI=1S/C9H12N2O2S/c1-7-11-6-8(14-7)5-10-4-2-3-9(12)13/h2-3,6,10H,4-5H2,1H3,(H,12,13)/b3-2+. The molecule has 0 aliphatic heterocycles. The Morgan fingerprint density at radius 1 is 1.79 bits per heavy atom. The lowest BCUT2D eigenvalue weighted by Crippen LogP contribution is -2.12. The van der Waals surface area contributed by atoms with Gasteiger partial charge in [-0.15, -0.1) is 11.3 Å². The Kier molecular flexibility index (Phi) is 4.28. The van der Waals surface area contributed by atoms with Crippen molar-refractivity contribution in [2.45, 2.75) is 13.5 Å². The van der Waals surface area contributed by atoms with Crippen LogP contribution in [0.2, 0.25) is 0 Å². The van der Waals surface area contributed by atoms with Crippen LogP contribution in [0.5, 0.6) is 0 Å². The number of aliphatic carboxylic acids is 1. The number of aromatic nitrogens is 1. The van der Waals surface area contributed by atoms with Crippen LogP contribution in [0.15, 0.2) is 18.3 Å². The molecule has 0 fully saturated rings. The van der Waals surface area contributed by atoms with Crippen LogP contribution in [0.4, 0.5) is 0 Å². The maximum Gasteiger partial charge on any atom is 0.328 e. The van der Waals surface area contributed by atoms with Gasteiger partial charge in [-0.3, -0.25) is 0 Å². The van der Waals surface area contributed by atoms with Crippen molar-refractivity contribution in [1.29, 1.82) is 0 Å². The summed E-state index contributed by atoms with van der Waals surface area (Å²) < 4.78 is 0. The van der Waals surface area contributed by atoms with Crippen LogP contribution in [-0.4, -0.2) is 22.6 Å². The van der Waals surface area contributed by atoms with E-state index in [0.717, 1.165) is 22.5 Å². The number of nitrogens with zero attached hydrogens (tertiary/aromatic N) is 1. The molecule has 0 bridgehead atoms. The van der Waals surface area contributed by atoms with Crippen LogP contribution in [0.25, 0.3) is 0 Å². The molecule has 1 heterocycles. The lowest BCUT2D eigenvalue weighted by Gasteiger charge is -1.96. The molecule has 0 aromatic carbocycles. The van der Waals surface area contributed by atoms with Gasteiger partial charge < -0.3 is 10.4 Å². The monoisotopic (exact) mass is 212 g/mol. The van der Waals surface area contributed by atoms with Crippen molar-refractivity contribution in [3.05, 3.63) is 28.2 Å². The van der Waals surface area contributed by atoms with Crippen LogP contribution < -0.4 is 5.32 Å². The Morgan fingerprint density at radius 3 is 3.14 bits per heavy atom. The van der Waals surface area contributed by atoms with Crippen LogP contribution in [0, 0.1) is 6.92 Å². The molecule has 0 radical (unpaired) electrons. The normalized spacial score (nSPS) is 10.9. The van der Waals surface area contributed by atoms with Gasteiger partial charge in [0, 0.05) is 30.2 Å². The first kappa shape index (κ1) is 10.9. The van der Waals surface area contributed by atoms with E-state index < -0.39 is 5.97 Å². The van der Waals surface area contributed by atoms with E-state index in [1.54, 1.807) is 17.4 Å². The number of hydrogen-bond acceptors (Lipinski definition) is 4. The maximum atomic E-state index is 10.1. The van der Waals surface area contributed by atoms with Crippen LogP contribution in [0.3, 0.4) is 0 Å². The number of thiazole rings is 1. The molecule has 0 unspecified atom stereocenters. The molecule has 0 saturated heterocycles. The van der Waals surface area contributed by atoms with Gasteiger partial charge in [0.05, 0.1) is 5.01 Å². The summed E-state index contributed by atoms with van der Waals surface area (Å²) in [5.74, 6) is -0.916. The molecule has 5 heteroatoms. The highest BCUT2D eigenvalue weighted by molar-refractivity contribution is 7.11. The molecule has 0 aliphatic carbocycles. The Labute approximate surface area is 86.3 Å². The number of rotatable bonds is 5. The summed E-state index contributed by atoms with van der Waals surface area (Å²) in [5.41, 5.74) is 0. The summed E-state index contributed by atoms with van der Waals surface area (Å²) in [4.78, 5) is 15.4. The molecule has 0 saturated carbocycles. The van der Waals surface area contributed by atoms with Gasteiger partial charge in [0.25, 0.3) is 0 Å². The smallest absolute Gasteiger partial charge is 0.328 e. The van der Waals surface area contributed by atoms with E-state index >= 15 is 0 Å². The SMILES string of the molecule is Cc1ncc(CNC/C=C/C(=O)O)s1. The Hall–Kier alpha value is -1.20. The molecule has 4 nitrogen and oxygen atoms in total. The number of nitrogens with one attached hydrogen (secondary N) is 1. The summed E-state index contributed by atoms with van der Waals surface area (Å²) in [6.07, 6.45) is 4.54. The van der Waals surface area contributed by atoms with Gasteiger partial charge in [-0.1, -0.05) is 6.08 Å². The Morgan fingerprint density at radius 2 is 2.57 bits per heavy atom. The number of aryl methyl sites for hydroxylation is 1. The average molecular weight is 212 g/mol. The summed E-state index contributed by atoms with van der Waals surface area (Å²) >= 11 is 1.64. The third-order valence-electron chi connectivity index (χ3n) is 1.49. The minimum atomic E-state index is -0.916. The van der Waals surface area contributed by atoms with Crippen molar-refractivity contribution in [1.82, 2.24) is 10.3 Å². The largest absolute Gasteiger partial charge is 0.478 e. The highest BCUT2D eigenvalue weighted by Crippen LogP contribution is 2.10. The van der Waals surface area contributed by atoms with Crippen molar-refractivity contribution in [2.75, 3.05) is 6.54 Å². The Bertz CT molecular complexity index is 333. The zero-order valence-corrected chi connectivity index (χ0v) is 8.67. The lowest BCUT2D eigenvalue weighted by atomic mass is 10.4. The van der Waals surface area contributed by atoms with Gasteiger partial charge in [-0.25, -0.2) is 9.78 Å². The second kappa shape index (κ2) is 5.51. The predicted molar refractivity (Wildman–Crippen MR) is 55.3 cm³/mol. The van der Waals surface area contributed by atoms with Gasteiger partial charge in [0.1, 0.15) is 0 Å². The van der Waals surface area contributed by atoms with Crippen molar-refractivity contribution >= 4 is 17.3 Å². The summed E-state index contributed by atoms with van der Waals surface area (Å²) in [6, 6.07) is 0. The van der Waals surface area contributed by atoms with Gasteiger partial charge in [0.2, 0.25) is 0 Å². The first-order valence-corrected chi connectivity index (χ1v) is 5.01. The van der Waals surface area contributed by atoms with Gasteiger partial charge in [-0.2, -0.15) is 0 Å². The third kappa shape index (κ3) is 4.15. The van der Waals surface area contributed by atoms with E-state index in [0.29, 0.717) is 6.54 Å². The predicted octanol–water partition coefficient (Wildman–Crippen LogP) is 1.18. The average Bonchev–Trinajstić information content (AvgIpc) is 2.50. The summed E-state index contributed by atoms with van der Waals surface area (Å²) in [6.45, 7) is 3.25. The number of carboxylic acid groups (broad SMARTS) is 1. The molecular weight excluding hydrogens is 200 g/mol. The molecule has 0 atom stereocenters. The minimum Gasteiger partial charge on any atom is -0.478 e. The highest BCUT2D eigenvalue weighted by atomic mass is 32.1. The van der Waals surface area contributed by atoms with E-state index in [-0.39, 0.29) is 0 Å². The molecule has 2 N–H and O–H groups in total. The zero-order valence-electron chi connectivity index (χ0n) is 7.86. The van der Waals surface area contributed by atoms with Crippen LogP contribution in [-0.2, 0) is 11.3 Å². The molecule has 0 amide bonds. The van der Waals surface area contributed by atoms with Gasteiger partial charge >= 0.3 is 5.97 Å². The summed E-state index contributed by atoms with van der Waals surface area (Å²) in [7, 11) is 0. The minimum absolute atomic E-state index is 0.559. The van der Waals surface area contributed by atoms with Crippen LogP contribution >= 0.6 is 11.3 Å². The molecule has 0 spiro atoms. The van der Waals surface area contributed by atoms with Crippen molar-refractivity contribution in [2.24, 2.45) is 0 Å². The second-order valence-corrected chi connectivity index (χ2v) is 4.04. The zero-order chi connectivity index (χ0) is 10.4. The molecule has 0 aliphatic rings. The van der Waals surface area contributed by atoms with Crippen LogP contribution in [0.1, 0.15) is 9.88 Å². The molecular formula is C9H12N2O2S. The second-order valence-electron chi connectivity index (χ2n) is 2.72. The fraction of sp³-hybridized carbons (Fsp3) is 0.333.